The second-order valence-electron chi connectivity index (χ2n) is 9.39. The highest BCUT2D eigenvalue weighted by atomic mass is 32.1. The van der Waals surface area contributed by atoms with Gasteiger partial charge in [0.05, 0.1) is 37.6 Å². The Kier molecular flexibility index (Phi) is 9.17. The van der Waals surface area contributed by atoms with Crippen LogP contribution in [0.15, 0.2) is 78.9 Å². The molecule has 6 nitrogen and oxygen atoms in total. The van der Waals surface area contributed by atoms with Gasteiger partial charge in [-0.1, -0.05) is 54.6 Å². The molecule has 3 aromatic carbocycles. The minimum Gasteiger partial charge on any atom is -0.393 e. The summed E-state index contributed by atoms with van der Waals surface area (Å²) in [5.74, 6) is -2.62. The molecule has 0 saturated carbocycles. The molecule has 1 fully saturated rings. The van der Waals surface area contributed by atoms with Gasteiger partial charge in [-0.05, 0) is 49.3 Å². The minimum absolute atomic E-state index is 0.0735. The number of rotatable bonds is 8. The van der Waals surface area contributed by atoms with Crippen molar-refractivity contribution in [1.82, 2.24) is 10.6 Å². The Morgan fingerprint density at radius 2 is 1.82 bits per heavy atom. The number of benzene rings is 3. The van der Waals surface area contributed by atoms with Gasteiger partial charge in [-0.15, -0.1) is 0 Å². The fraction of sp³-hybridized carbons (Fsp3) is 0.310. The maximum absolute atomic E-state index is 15.2. The van der Waals surface area contributed by atoms with Crippen molar-refractivity contribution in [3.8, 4) is 0 Å². The normalized spacial score (nSPS) is 21.9. The van der Waals surface area contributed by atoms with Crippen molar-refractivity contribution in [1.29, 1.82) is 0 Å². The van der Waals surface area contributed by atoms with E-state index in [1.54, 1.807) is 37.3 Å². The molecule has 3 aromatic rings. The number of thiocarbonyl (C=S) groups is 1. The number of amides is 1. The molecule has 0 unspecified atom stereocenters. The van der Waals surface area contributed by atoms with Crippen molar-refractivity contribution in [2.45, 2.75) is 37.7 Å². The van der Waals surface area contributed by atoms with Gasteiger partial charge in [0.1, 0.15) is 11.6 Å². The SMILES string of the molecule is C[C@H](O)[C@@H]1C[C@H](COCc2ccccc2)OC[C@@]1(NC(=S)NC(=O)c1ccccc1)c1ccc(F)cc1F. The van der Waals surface area contributed by atoms with Crippen LogP contribution in [-0.4, -0.2) is 41.5 Å². The zero-order valence-corrected chi connectivity index (χ0v) is 21.7. The number of carbonyl (C=O) groups excluding carboxylic acids is 1. The van der Waals surface area contributed by atoms with E-state index in [4.69, 9.17) is 21.7 Å². The molecule has 1 amide bonds. The third-order valence-corrected chi connectivity index (χ3v) is 6.91. The van der Waals surface area contributed by atoms with Crippen molar-refractivity contribution in [2.24, 2.45) is 5.92 Å². The van der Waals surface area contributed by atoms with Gasteiger partial charge in [0, 0.05) is 23.1 Å². The molecule has 1 aliphatic heterocycles. The van der Waals surface area contributed by atoms with Crippen LogP contribution in [0.3, 0.4) is 0 Å². The second kappa shape index (κ2) is 12.5. The number of aliphatic hydroxyl groups is 1. The van der Waals surface area contributed by atoms with Crippen LogP contribution in [0.4, 0.5) is 8.78 Å². The Labute approximate surface area is 226 Å². The van der Waals surface area contributed by atoms with Gasteiger partial charge in [-0.25, -0.2) is 8.78 Å². The average Bonchev–Trinajstić information content (AvgIpc) is 2.90. The third-order valence-electron chi connectivity index (χ3n) is 6.71. The van der Waals surface area contributed by atoms with E-state index >= 15 is 4.39 Å². The smallest absolute Gasteiger partial charge is 0.257 e. The lowest BCUT2D eigenvalue weighted by molar-refractivity contribution is -0.124. The van der Waals surface area contributed by atoms with E-state index < -0.39 is 35.1 Å². The minimum atomic E-state index is -1.39. The van der Waals surface area contributed by atoms with E-state index in [2.05, 4.69) is 10.6 Å². The lowest BCUT2D eigenvalue weighted by atomic mass is 9.71. The number of aliphatic hydroxyl groups excluding tert-OH is 1. The number of hydrogen-bond donors (Lipinski definition) is 3. The van der Waals surface area contributed by atoms with Crippen LogP contribution in [0, 0.1) is 17.6 Å². The lowest BCUT2D eigenvalue weighted by Gasteiger charge is -2.48. The van der Waals surface area contributed by atoms with Gasteiger partial charge in [-0.3, -0.25) is 10.1 Å². The molecule has 4 rings (SSSR count). The summed E-state index contributed by atoms with van der Waals surface area (Å²) < 4.78 is 41.0. The van der Waals surface area contributed by atoms with E-state index in [9.17, 15) is 14.3 Å². The first kappa shape index (κ1) is 27.8. The number of ether oxygens (including phenoxy) is 2. The molecule has 0 aromatic heterocycles. The van der Waals surface area contributed by atoms with Gasteiger partial charge >= 0.3 is 0 Å². The Hall–Kier alpha value is -3.24. The molecule has 9 heteroatoms. The Bertz CT molecular complexity index is 1250. The molecule has 0 bridgehead atoms. The van der Waals surface area contributed by atoms with Crippen LogP contribution >= 0.6 is 12.2 Å². The summed E-state index contributed by atoms with van der Waals surface area (Å²) in [4.78, 5) is 12.7. The molecule has 0 radical (unpaired) electrons. The number of halogens is 2. The van der Waals surface area contributed by atoms with Gasteiger partial charge in [-0.2, -0.15) is 0 Å². The molecule has 3 N–H and O–H groups in total. The standard InChI is InChI=1S/C29H30F2N2O4S/c1-19(34)25-15-23(17-36-16-20-8-4-2-5-9-20)37-18-29(25,24-13-12-22(30)14-26(24)31)33-28(38)32-27(35)21-10-6-3-7-11-21/h2-14,19,23,25,34H,15-18H2,1H3,(H2,32,33,35,38)/t19-,23+,25-,29+/m0/s1. The fourth-order valence-electron chi connectivity index (χ4n) is 4.84. The highest BCUT2D eigenvalue weighted by Crippen LogP contribution is 2.41. The monoisotopic (exact) mass is 540 g/mol. The maximum Gasteiger partial charge on any atom is 0.257 e. The van der Waals surface area contributed by atoms with Crippen LogP contribution in [0.1, 0.15) is 34.8 Å². The van der Waals surface area contributed by atoms with Gasteiger partial charge < -0.3 is 19.9 Å². The lowest BCUT2D eigenvalue weighted by Crippen LogP contribution is -2.63. The van der Waals surface area contributed by atoms with E-state index in [0.717, 1.165) is 17.7 Å². The molecule has 4 atom stereocenters. The Morgan fingerprint density at radius 3 is 2.47 bits per heavy atom. The first-order valence-electron chi connectivity index (χ1n) is 12.3. The molecular weight excluding hydrogens is 510 g/mol. The first-order valence-corrected chi connectivity index (χ1v) is 12.7. The second-order valence-corrected chi connectivity index (χ2v) is 9.79. The quantitative estimate of drug-likeness (QED) is 0.366. The summed E-state index contributed by atoms with van der Waals surface area (Å²) in [6, 6.07) is 21.4. The molecule has 1 aliphatic rings. The zero-order chi connectivity index (χ0) is 27.1. The van der Waals surface area contributed by atoms with Crippen molar-refractivity contribution in [2.75, 3.05) is 13.2 Å². The topological polar surface area (TPSA) is 79.8 Å². The molecule has 0 aliphatic carbocycles. The van der Waals surface area contributed by atoms with Crippen molar-refractivity contribution in [3.05, 3.63) is 107 Å². The highest BCUT2D eigenvalue weighted by molar-refractivity contribution is 7.80. The Balaban J connectivity index is 1.55. The fourth-order valence-corrected chi connectivity index (χ4v) is 5.11. The van der Waals surface area contributed by atoms with Crippen molar-refractivity contribution in [3.63, 3.8) is 0 Å². The van der Waals surface area contributed by atoms with Gasteiger partial charge in [0.2, 0.25) is 0 Å². The van der Waals surface area contributed by atoms with E-state index in [-0.39, 0.29) is 30.0 Å². The van der Waals surface area contributed by atoms with E-state index in [1.807, 2.05) is 30.3 Å². The third kappa shape index (κ3) is 6.60. The van der Waals surface area contributed by atoms with E-state index in [1.165, 1.54) is 6.07 Å². The van der Waals surface area contributed by atoms with Crippen LogP contribution in [0.2, 0.25) is 0 Å². The van der Waals surface area contributed by atoms with Crippen LogP contribution in [-0.2, 0) is 21.6 Å². The predicted molar refractivity (Wildman–Crippen MR) is 143 cm³/mol. The Morgan fingerprint density at radius 1 is 1.13 bits per heavy atom. The number of hydrogen-bond acceptors (Lipinski definition) is 5. The summed E-state index contributed by atoms with van der Waals surface area (Å²) in [5.41, 5.74) is 0.0912. The molecule has 1 heterocycles. The molecule has 200 valence electrons. The summed E-state index contributed by atoms with van der Waals surface area (Å²) in [6.45, 7) is 2.15. The first-order chi connectivity index (χ1) is 18.3. The highest BCUT2D eigenvalue weighted by Gasteiger charge is 2.50. The summed E-state index contributed by atoms with van der Waals surface area (Å²) in [5, 5.41) is 16.4. The predicted octanol–water partition coefficient (Wildman–Crippen LogP) is 4.47. The van der Waals surface area contributed by atoms with Gasteiger partial charge in [0.25, 0.3) is 5.91 Å². The maximum atomic E-state index is 15.2. The van der Waals surface area contributed by atoms with Gasteiger partial charge in [0.15, 0.2) is 5.11 Å². The van der Waals surface area contributed by atoms with Crippen LogP contribution in [0.5, 0.6) is 0 Å². The molecule has 38 heavy (non-hydrogen) atoms. The number of carbonyl (C=O) groups is 1. The van der Waals surface area contributed by atoms with Crippen LogP contribution in [0.25, 0.3) is 0 Å². The van der Waals surface area contributed by atoms with Crippen molar-refractivity contribution < 1.29 is 28.2 Å². The zero-order valence-electron chi connectivity index (χ0n) is 20.9. The largest absolute Gasteiger partial charge is 0.393 e. The molecular formula is C29H30F2N2O4S. The summed E-state index contributed by atoms with van der Waals surface area (Å²) in [6.07, 6.45) is -1.02. The molecule has 1 saturated heterocycles. The van der Waals surface area contributed by atoms with Crippen molar-refractivity contribution >= 4 is 23.2 Å². The number of nitrogens with one attached hydrogen (secondary N) is 2. The summed E-state index contributed by atoms with van der Waals surface area (Å²) >= 11 is 5.44. The van der Waals surface area contributed by atoms with E-state index in [0.29, 0.717) is 18.6 Å². The average molecular weight is 541 g/mol. The summed E-state index contributed by atoms with van der Waals surface area (Å²) in [7, 11) is 0. The van der Waals surface area contributed by atoms with Crippen LogP contribution < -0.4 is 10.6 Å². The molecule has 0 spiro atoms.